The van der Waals surface area contributed by atoms with E-state index in [-0.39, 0.29) is 17.9 Å². The maximum atomic E-state index is 10.4. The van der Waals surface area contributed by atoms with Crippen LogP contribution >= 0.6 is 0 Å². The minimum Gasteiger partial charge on any atom is -0.466 e. The minimum absolute atomic E-state index is 0.111. The number of rotatable bonds is 3. The van der Waals surface area contributed by atoms with Gasteiger partial charge in [-0.2, -0.15) is 0 Å². The van der Waals surface area contributed by atoms with Gasteiger partial charge >= 0.3 is 5.97 Å². The van der Waals surface area contributed by atoms with Crippen LogP contribution in [0.3, 0.4) is 0 Å². The zero-order valence-corrected chi connectivity index (χ0v) is 11.8. The second-order valence-corrected chi connectivity index (χ2v) is 3.14. The smallest absolute Gasteiger partial charge is 0.332 e. The molecule has 100 valence electrons. The Balaban J connectivity index is -0.000000202. The summed E-state index contributed by atoms with van der Waals surface area (Å²) in [6, 6.07) is 0.209. The predicted octanol–water partition coefficient (Wildman–Crippen LogP) is 2.46. The maximum Gasteiger partial charge on any atom is 0.332 e. The van der Waals surface area contributed by atoms with Crippen molar-refractivity contribution in [2.45, 2.75) is 40.7 Å². The minimum atomic E-state index is -0.347. The SMILES string of the molecule is C=C(C)C(=O)OC.C=CC(=O)NC(C)C.CC. The molecule has 1 amide bonds. The molecular formula is C13H25NO3. The van der Waals surface area contributed by atoms with Gasteiger partial charge in [-0.15, -0.1) is 0 Å². The van der Waals surface area contributed by atoms with Gasteiger partial charge < -0.3 is 10.1 Å². The molecule has 0 aliphatic heterocycles. The first kappa shape index (κ1) is 20.8. The van der Waals surface area contributed by atoms with Crippen molar-refractivity contribution in [3.63, 3.8) is 0 Å². The van der Waals surface area contributed by atoms with Gasteiger partial charge in [-0.3, -0.25) is 4.79 Å². The number of hydrogen-bond acceptors (Lipinski definition) is 3. The van der Waals surface area contributed by atoms with Gasteiger partial charge in [-0.05, 0) is 26.8 Å². The lowest BCUT2D eigenvalue weighted by atomic mass is 10.4. The van der Waals surface area contributed by atoms with Gasteiger partial charge in [0.15, 0.2) is 0 Å². The topological polar surface area (TPSA) is 55.4 Å². The van der Waals surface area contributed by atoms with Gasteiger partial charge in [0, 0.05) is 11.6 Å². The molecule has 0 aliphatic carbocycles. The molecule has 0 fully saturated rings. The van der Waals surface area contributed by atoms with Crippen LogP contribution in [0.1, 0.15) is 34.6 Å². The Labute approximate surface area is 105 Å². The lowest BCUT2D eigenvalue weighted by molar-refractivity contribution is -0.136. The molecule has 0 saturated heterocycles. The highest BCUT2D eigenvalue weighted by atomic mass is 16.5. The van der Waals surface area contributed by atoms with E-state index in [1.807, 2.05) is 27.7 Å². The Morgan fingerprint density at radius 3 is 1.76 bits per heavy atom. The fourth-order valence-electron chi connectivity index (χ4n) is 0.518. The van der Waals surface area contributed by atoms with Crippen LogP contribution in [-0.2, 0) is 14.3 Å². The van der Waals surface area contributed by atoms with Crippen LogP contribution in [0.4, 0.5) is 0 Å². The quantitative estimate of drug-likeness (QED) is 0.612. The Morgan fingerprint density at radius 1 is 1.29 bits per heavy atom. The van der Waals surface area contributed by atoms with Crippen LogP contribution in [0.2, 0.25) is 0 Å². The third kappa shape index (κ3) is 20.5. The first-order valence-corrected chi connectivity index (χ1v) is 5.51. The number of nitrogens with one attached hydrogen (secondary N) is 1. The second kappa shape index (κ2) is 14.4. The maximum absolute atomic E-state index is 10.4. The zero-order chi connectivity index (χ0) is 14.4. The van der Waals surface area contributed by atoms with Crippen molar-refractivity contribution >= 4 is 11.9 Å². The Hall–Kier alpha value is -1.58. The number of ether oxygens (including phenoxy) is 1. The number of esters is 1. The van der Waals surface area contributed by atoms with E-state index in [9.17, 15) is 9.59 Å². The summed E-state index contributed by atoms with van der Waals surface area (Å²) in [6.45, 7) is 16.1. The number of hydrogen-bond donors (Lipinski definition) is 1. The number of carbonyl (C=O) groups excluding carboxylic acids is 2. The van der Waals surface area contributed by atoms with E-state index < -0.39 is 0 Å². The Kier molecular flexibility index (Phi) is 17.6. The van der Waals surface area contributed by atoms with Gasteiger partial charge in [-0.25, -0.2) is 4.79 Å². The average Bonchev–Trinajstić information content (AvgIpc) is 2.30. The van der Waals surface area contributed by atoms with Crippen LogP contribution in [-0.4, -0.2) is 25.0 Å². The number of carbonyl (C=O) groups is 2. The summed E-state index contributed by atoms with van der Waals surface area (Å²) in [5.41, 5.74) is 0.433. The van der Waals surface area contributed by atoms with Crippen LogP contribution < -0.4 is 5.32 Å². The standard InChI is InChI=1S/C6H11NO.C5H8O2.C2H6/c1-4-6(8)7-5(2)3;1-4(2)5(6)7-3;1-2/h4-5H,1H2,2-3H3,(H,7,8);1H2,2-3H3;1-2H3. The second-order valence-electron chi connectivity index (χ2n) is 3.14. The Morgan fingerprint density at radius 2 is 1.71 bits per heavy atom. The molecule has 0 atom stereocenters. The fraction of sp³-hybridized carbons (Fsp3) is 0.538. The van der Waals surface area contributed by atoms with Crippen molar-refractivity contribution in [1.82, 2.24) is 5.32 Å². The lowest BCUT2D eigenvalue weighted by Gasteiger charge is -2.02. The zero-order valence-electron chi connectivity index (χ0n) is 11.8. The van der Waals surface area contributed by atoms with E-state index in [4.69, 9.17) is 0 Å². The average molecular weight is 243 g/mol. The first-order valence-electron chi connectivity index (χ1n) is 5.51. The van der Waals surface area contributed by atoms with Crippen LogP contribution in [0, 0.1) is 0 Å². The fourth-order valence-corrected chi connectivity index (χ4v) is 0.518. The van der Waals surface area contributed by atoms with Crippen LogP contribution in [0.5, 0.6) is 0 Å². The van der Waals surface area contributed by atoms with Crippen molar-refractivity contribution in [3.8, 4) is 0 Å². The molecule has 0 spiro atoms. The Bertz CT molecular complexity index is 245. The molecule has 0 radical (unpaired) electrons. The van der Waals surface area contributed by atoms with Crippen LogP contribution in [0.15, 0.2) is 24.8 Å². The van der Waals surface area contributed by atoms with E-state index in [0.29, 0.717) is 5.57 Å². The molecule has 1 N–H and O–H groups in total. The highest BCUT2D eigenvalue weighted by Crippen LogP contribution is 1.87. The summed E-state index contributed by atoms with van der Waals surface area (Å²) in [5, 5.41) is 2.64. The number of amides is 1. The molecule has 0 aromatic rings. The molecule has 4 heteroatoms. The van der Waals surface area contributed by atoms with Gasteiger partial charge in [0.05, 0.1) is 7.11 Å². The summed E-state index contributed by atoms with van der Waals surface area (Å²) in [7, 11) is 1.33. The highest BCUT2D eigenvalue weighted by Gasteiger charge is 1.95. The van der Waals surface area contributed by atoms with Crippen molar-refractivity contribution in [1.29, 1.82) is 0 Å². The highest BCUT2D eigenvalue weighted by molar-refractivity contribution is 5.87. The lowest BCUT2D eigenvalue weighted by Crippen LogP contribution is -2.27. The molecule has 0 aromatic heterocycles. The molecule has 0 unspecified atom stereocenters. The normalized spacial score (nSPS) is 7.71. The molecule has 4 nitrogen and oxygen atoms in total. The van der Waals surface area contributed by atoms with Gasteiger partial charge in [0.1, 0.15) is 0 Å². The predicted molar refractivity (Wildman–Crippen MR) is 71.7 cm³/mol. The molecule has 0 saturated carbocycles. The van der Waals surface area contributed by atoms with E-state index in [0.717, 1.165) is 0 Å². The van der Waals surface area contributed by atoms with E-state index in [1.165, 1.54) is 13.2 Å². The molecule has 0 aliphatic rings. The largest absolute Gasteiger partial charge is 0.466 e. The van der Waals surface area contributed by atoms with Gasteiger partial charge in [-0.1, -0.05) is 27.0 Å². The molecule has 0 bridgehead atoms. The summed E-state index contributed by atoms with van der Waals surface area (Å²) < 4.78 is 4.27. The molecule has 0 heterocycles. The van der Waals surface area contributed by atoms with Crippen molar-refractivity contribution in [2.75, 3.05) is 7.11 Å². The van der Waals surface area contributed by atoms with Gasteiger partial charge in [0.25, 0.3) is 0 Å². The summed E-state index contributed by atoms with van der Waals surface area (Å²) in [6.07, 6.45) is 1.26. The summed E-state index contributed by atoms with van der Waals surface area (Å²) in [4.78, 5) is 20.6. The molecule has 17 heavy (non-hydrogen) atoms. The summed E-state index contributed by atoms with van der Waals surface area (Å²) >= 11 is 0. The van der Waals surface area contributed by atoms with E-state index in [2.05, 4.69) is 23.2 Å². The third-order valence-electron chi connectivity index (χ3n) is 1.15. The molecule has 0 aromatic carbocycles. The summed E-state index contributed by atoms with van der Waals surface area (Å²) in [5.74, 6) is -0.458. The first-order chi connectivity index (χ1) is 7.84. The molecule has 0 rings (SSSR count). The number of methoxy groups -OCH3 is 1. The molecular weight excluding hydrogens is 218 g/mol. The monoisotopic (exact) mass is 243 g/mol. The van der Waals surface area contributed by atoms with Crippen molar-refractivity contribution < 1.29 is 14.3 Å². The van der Waals surface area contributed by atoms with Crippen LogP contribution in [0.25, 0.3) is 0 Å². The third-order valence-corrected chi connectivity index (χ3v) is 1.15. The van der Waals surface area contributed by atoms with E-state index in [1.54, 1.807) is 6.92 Å². The van der Waals surface area contributed by atoms with Crippen molar-refractivity contribution in [3.05, 3.63) is 24.8 Å². The van der Waals surface area contributed by atoms with Gasteiger partial charge in [0.2, 0.25) is 5.91 Å². The van der Waals surface area contributed by atoms with Crippen molar-refractivity contribution in [2.24, 2.45) is 0 Å². The van der Waals surface area contributed by atoms with E-state index >= 15 is 0 Å².